The average molecular weight is 557 g/mol. The van der Waals surface area contributed by atoms with Crippen LogP contribution in [0.5, 0.6) is 34.5 Å². The molecule has 0 bridgehead atoms. The van der Waals surface area contributed by atoms with Crippen molar-refractivity contribution in [2.45, 2.75) is 18.6 Å². The SMILES string of the molecule is Oc1c(Cl)c(Cl)c(Cl)c(Cl)c1Cl.Oc1cc(O)c2c(c1)O[C@H](c1ccc(O)c(O)c1)[C@@H](O)C2. The van der Waals surface area contributed by atoms with Gasteiger partial charge in [0.1, 0.15) is 33.4 Å². The van der Waals surface area contributed by atoms with Crippen molar-refractivity contribution in [2.24, 2.45) is 0 Å². The Morgan fingerprint density at radius 3 is 1.85 bits per heavy atom. The first-order valence-electron chi connectivity index (χ1n) is 9.04. The van der Waals surface area contributed by atoms with Crippen LogP contribution in [0.2, 0.25) is 25.1 Å². The molecule has 7 nitrogen and oxygen atoms in total. The Kier molecular flexibility index (Phi) is 7.73. The molecule has 0 saturated carbocycles. The Labute approximate surface area is 212 Å². The molecule has 0 amide bonds. The lowest BCUT2D eigenvalue weighted by Gasteiger charge is -2.31. The minimum Gasteiger partial charge on any atom is -0.508 e. The van der Waals surface area contributed by atoms with Crippen LogP contribution >= 0.6 is 58.0 Å². The summed E-state index contributed by atoms with van der Waals surface area (Å²) in [5.74, 6) is -0.952. The molecular formula is C21H15Cl5O7. The van der Waals surface area contributed by atoms with Crippen LogP contribution < -0.4 is 4.74 Å². The number of aliphatic hydroxyl groups excluding tert-OH is 1. The molecule has 3 aromatic rings. The largest absolute Gasteiger partial charge is 0.508 e. The van der Waals surface area contributed by atoms with E-state index in [-0.39, 0.29) is 66.0 Å². The topological polar surface area (TPSA) is 131 Å². The van der Waals surface area contributed by atoms with Gasteiger partial charge >= 0.3 is 0 Å². The lowest BCUT2D eigenvalue weighted by atomic mass is 9.94. The summed E-state index contributed by atoms with van der Waals surface area (Å²) in [6, 6.07) is 6.67. The van der Waals surface area contributed by atoms with E-state index in [4.69, 9.17) is 62.7 Å². The maximum atomic E-state index is 10.2. The predicted molar refractivity (Wildman–Crippen MR) is 126 cm³/mol. The van der Waals surface area contributed by atoms with Crippen molar-refractivity contribution in [3.63, 3.8) is 0 Å². The summed E-state index contributed by atoms with van der Waals surface area (Å²) in [6.07, 6.45) is -1.56. The standard InChI is InChI=1S/C15H14O6.C6HCl5O/c16-8-4-11(18)9-6-13(20)15(21-14(9)5-8)7-1-2-10(17)12(19)3-7;7-1-2(8)4(10)6(12)5(11)3(1)9/h1-5,13,15-20H,6H2;12H/t13-,15+;/m0./s1. The Bertz CT molecular complexity index is 1110. The van der Waals surface area contributed by atoms with Crippen molar-refractivity contribution in [1.82, 2.24) is 0 Å². The van der Waals surface area contributed by atoms with Crippen LogP contribution in [0, 0.1) is 0 Å². The van der Waals surface area contributed by atoms with Crippen LogP contribution in [0.15, 0.2) is 30.3 Å². The van der Waals surface area contributed by atoms with Gasteiger partial charge in [-0.3, -0.25) is 0 Å². The van der Waals surface area contributed by atoms with Crippen LogP contribution in [0.25, 0.3) is 0 Å². The summed E-state index contributed by atoms with van der Waals surface area (Å²) in [6.45, 7) is 0. The molecular weight excluding hydrogens is 541 g/mol. The Morgan fingerprint density at radius 1 is 0.697 bits per heavy atom. The number of hydrogen-bond donors (Lipinski definition) is 6. The highest BCUT2D eigenvalue weighted by atomic mass is 35.5. The highest BCUT2D eigenvalue weighted by molar-refractivity contribution is 6.55. The lowest BCUT2D eigenvalue weighted by Crippen LogP contribution is -2.30. The monoisotopic (exact) mass is 554 g/mol. The Balaban J connectivity index is 0.000000218. The van der Waals surface area contributed by atoms with E-state index in [1.54, 1.807) is 0 Å². The molecule has 1 aliphatic heterocycles. The fourth-order valence-corrected chi connectivity index (χ4v) is 4.19. The molecule has 0 radical (unpaired) electrons. The van der Waals surface area contributed by atoms with Gasteiger partial charge in [-0.15, -0.1) is 0 Å². The molecule has 3 aromatic carbocycles. The van der Waals surface area contributed by atoms with Crippen molar-refractivity contribution in [1.29, 1.82) is 0 Å². The smallest absolute Gasteiger partial charge is 0.157 e. The number of halogens is 5. The number of hydrogen-bond acceptors (Lipinski definition) is 7. The Morgan fingerprint density at radius 2 is 1.27 bits per heavy atom. The van der Waals surface area contributed by atoms with Crippen molar-refractivity contribution < 1.29 is 35.4 Å². The average Bonchev–Trinajstić information content (AvgIpc) is 2.77. The molecule has 1 aliphatic rings. The van der Waals surface area contributed by atoms with Crippen LogP contribution in [0.4, 0.5) is 0 Å². The molecule has 0 spiro atoms. The van der Waals surface area contributed by atoms with Crippen LogP contribution in [0.3, 0.4) is 0 Å². The molecule has 0 fully saturated rings. The fourth-order valence-electron chi connectivity index (χ4n) is 3.06. The highest BCUT2D eigenvalue weighted by Gasteiger charge is 2.32. The zero-order chi connectivity index (χ0) is 24.6. The summed E-state index contributed by atoms with van der Waals surface area (Å²) < 4.78 is 5.62. The normalized spacial score (nSPS) is 16.9. The molecule has 4 rings (SSSR count). The molecule has 33 heavy (non-hydrogen) atoms. The molecule has 0 aliphatic carbocycles. The Hall–Kier alpha value is -2.13. The first kappa shape index (κ1) is 25.5. The van der Waals surface area contributed by atoms with Gasteiger partial charge in [-0.2, -0.15) is 0 Å². The van der Waals surface area contributed by atoms with E-state index in [2.05, 4.69) is 0 Å². The third-order valence-electron chi connectivity index (χ3n) is 4.70. The molecule has 0 aromatic heterocycles. The first-order chi connectivity index (χ1) is 15.4. The van der Waals surface area contributed by atoms with Gasteiger partial charge in [-0.25, -0.2) is 0 Å². The van der Waals surface area contributed by atoms with Crippen LogP contribution in [-0.2, 0) is 6.42 Å². The van der Waals surface area contributed by atoms with Crippen LogP contribution in [0.1, 0.15) is 17.2 Å². The van der Waals surface area contributed by atoms with Gasteiger partial charge in [0.25, 0.3) is 0 Å². The van der Waals surface area contributed by atoms with E-state index < -0.39 is 12.2 Å². The number of fused-ring (bicyclic) bond motifs is 1. The van der Waals surface area contributed by atoms with E-state index in [9.17, 15) is 30.6 Å². The third kappa shape index (κ3) is 5.19. The zero-order valence-electron chi connectivity index (χ0n) is 16.2. The molecule has 6 N–H and O–H groups in total. The van der Waals surface area contributed by atoms with Crippen molar-refractivity contribution in [3.8, 4) is 34.5 Å². The number of phenols is 5. The second kappa shape index (κ2) is 10.0. The summed E-state index contributed by atoms with van der Waals surface area (Å²) >= 11 is 27.9. The molecule has 12 heteroatoms. The lowest BCUT2D eigenvalue weighted by molar-refractivity contribution is 0.0197. The van der Waals surface area contributed by atoms with E-state index in [0.29, 0.717) is 11.1 Å². The van der Waals surface area contributed by atoms with Crippen molar-refractivity contribution in [2.75, 3.05) is 0 Å². The number of phenolic OH excluding ortho intramolecular Hbond substituents is 5. The van der Waals surface area contributed by atoms with Gasteiger partial charge in [-0.05, 0) is 17.7 Å². The molecule has 1 heterocycles. The second-order valence-corrected chi connectivity index (χ2v) is 8.81. The van der Waals surface area contributed by atoms with E-state index in [0.717, 1.165) is 0 Å². The van der Waals surface area contributed by atoms with E-state index >= 15 is 0 Å². The van der Waals surface area contributed by atoms with Gasteiger partial charge in [0.15, 0.2) is 17.2 Å². The van der Waals surface area contributed by atoms with E-state index in [1.165, 1.54) is 30.3 Å². The minimum absolute atomic E-state index is 0.00904. The summed E-state index contributed by atoms with van der Waals surface area (Å²) in [5, 5.41) is 57.3. The molecule has 0 unspecified atom stereocenters. The molecule has 176 valence electrons. The van der Waals surface area contributed by atoms with Gasteiger partial charge in [0.05, 0.1) is 21.2 Å². The van der Waals surface area contributed by atoms with Gasteiger partial charge in [0.2, 0.25) is 0 Å². The van der Waals surface area contributed by atoms with Gasteiger partial charge in [-0.1, -0.05) is 64.1 Å². The summed E-state index contributed by atoms with van der Waals surface area (Å²) in [4.78, 5) is 0. The summed E-state index contributed by atoms with van der Waals surface area (Å²) in [7, 11) is 0. The summed E-state index contributed by atoms with van der Waals surface area (Å²) in [5.41, 5.74) is 0.894. The number of benzene rings is 3. The minimum atomic E-state index is -0.933. The maximum Gasteiger partial charge on any atom is 0.157 e. The van der Waals surface area contributed by atoms with E-state index in [1.807, 2.05) is 0 Å². The zero-order valence-corrected chi connectivity index (χ0v) is 20.0. The van der Waals surface area contributed by atoms with Gasteiger partial charge in [0, 0.05) is 24.1 Å². The van der Waals surface area contributed by atoms with Crippen molar-refractivity contribution >= 4 is 58.0 Å². The number of aromatic hydroxyl groups is 5. The third-order valence-corrected chi connectivity index (χ3v) is 6.96. The quantitative estimate of drug-likeness (QED) is 0.119. The highest BCUT2D eigenvalue weighted by Crippen LogP contribution is 2.47. The number of ether oxygens (including phenoxy) is 1. The first-order valence-corrected chi connectivity index (χ1v) is 10.9. The number of aliphatic hydroxyl groups is 1. The number of rotatable bonds is 1. The molecule has 0 saturated heterocycles. The molecule has 2 atom stereocenters. The fraction of sp³-hybridized carbons (Fsp3) is 0.143. The van der Waals surface area contributed by atoms with Crippen molar-refractivity contribution in [3.05, 3.63) is 66.6 Å². The van der Waals surface area contributed by atoms with Crippen LogP contribution in [-0.4, -0.2) is 36.7 Å². The van der Waals surface area contributed by atoms with Gasteiger partial charge < -0.3 is 35.4 Å². The predicted octanol–water partition coefficient (Wildman–Crippen LogP) is 6.21. The maximum absolute atomic E-state index is 10.2. The second-order valence-electron chi connectivity index (χ2n) is 6.92.